The second-order valence-corrected chi connectivity index (χ2v) is 5.80. The Morgan fingerprint density at radius 2 is 2.00 bits per heavy atom. The van der Waals surface area contributed by atoms with Gasteiger partial charge in [0.15, 0.2) is 0 Å². The van der Waals surface area contributed by atoms with Crippen molar-refractivity contribution in [3.05, 3.63) is 57.4 Å². The molecule has 1 aromatic heterocycles. The van der Waals surface area contributed by atoms with Gasteiger partial charge < -0.3 is 4.57 Å². The molecule has 2 aromatic rings. The summed E-state index contributed by atoms with van der Waals surface area (Å²) in [7, 11) is 0. The van der Waals surface area contributed by atoms with Crippen LogP contribution in [0.3, 0.4) is 0 Å². The average Bonchev–Trinajstić information content (AvgIpc) is 3.28. The molecular weight excluding hydrogens is 260 g/mol. The molecule has 106 valence electrons. The number of aryl methyl sites for hydroxylation is 2. The Morgan fingerprint density at radius 1 is 1.24 bits per heavy atom. The lowest BCUT2D eigenvalue weighted by Gasteiger charge is -2.16. The monoisotopic (exact) mass is 278 g/mol. The first kappa shape index (κ1) is 13.6. The van der Waals surface area contributed by atoms with E-state index in [1.807, 2.05) is 16.7 Å². The molecule has 3 rings (SSSR count). The van der Waals surface area contributed by atoms with Crippen LogP contribution in [0.25, 0.3) is 11.3 Å². The van der Waals surface area contributed by atoms with Gasteiger partial charge in [-0.1, -0.05) is 23.8 Å². The molecule has 0 amide bonds. The zero-order chi connectivity index (χ0) is 15.0. The molecule has 0 atom stereocenters. The highest BCUT2D eigenvalue weighted by molar-refractivity contribution is 5.65. The van der Waals surface area contributed by atoms with Gasteiger partial charge >= 0.3 is 0 Å². The molecule has 1 saturated carbocycles. The third-order valence-corrected chi connectivity index (χ3v) is 4.05. The molecule has 1 aromatic carbocycles. The Kier molecular flexibility index (Phi) is 3.39. The standard InChI is InChI=1S/C18H18N2O/c1-12-3-4-13(2)16(11-12)17-8-5-14(9-10-19)18(21)20(17)15-6-7-15/h3-5,8,11,15H,6-7,9H2,1-2H3. The molecule has 1 aliphatic carbocycles. The lowest BCUT2D eigenvalue weighted by atomic mass is 10.0. The van der Waals surface area contributed by atoms with Gasteiger partial charge in [0.2, 0.25) is 0 Å². The van der Waals surface area contributed by atoms with Gasteiger partial charge in [0.05, 0.1) is 18.2 Å². The Hall–Kier alpha value is -2.34. The van der Waals surface area contributed by atoms with Crippen LogP contribution in [0.15, 0.2) is 35.1 Å². The fourth-order valence-electron chi connectivity index (χ4n) is 2.74. The number of pyridine rings is 1. The second kappa shape index (κ2) is 5.21. The van der Waals surface area contributed by atoms with Gasteiger partial charge in [-0.2, -0.15) is 5.26 Å². The van der Waals surface area contributed by atoms with E-state index >= 15 is 0 Å². The third-order valence-electron chi connectivity index (χ3n) is 4.05. The molecule has 21 heavy (non-hydrogen) atoms. The molecule has 0 unspecified atom stereocenters. The van der Waals surface area contributed by atoms with E-state index in [2.05, 4.69) is 38.1 Å². The van der Waals surface area contributed by atoms with Gasteiger partial charge in [0, 0.05) is 17.2 Å². The van der Waals surface area contributed by atoms with E-state index in [9.17, 15) is 4.79 Å². The topological polar surface area (TPSA) is 45.8 Å². The van der Waals surface area contributed by atoms with E-state index in [0.717, 1.165) is 24.1 Å². The summed E-state index contributed by atoms with van der Waals surface area (Å²) in [5.74, 6) is 0. The second-order valence-electron chi connectivity index (χ2n) is 5.80. The summed E-state index contributed by atoms with van der Waals surface area (Å²) < 4.78 is 1.90. The number of nitriles is 1. The molecule has 0 aliphatic heterocycles. The molecule has 1 fully saturated rings. The van der Waals surface area contributed by atoms with E-state index in [4.69, 9.17) is 5.26 Å². The first-order valence-electron chi connectivity index (χ1n) is 7.31. The van der Waals surface area contributed by atoms with E-state index in [1.165, 1.54) is 11.1 Å². The molecular formula is C18H18N2O. The summed E-state index contributed by atoms with van der Waals surface area (Å²) in [6.45, 7) is 4.13. The van der Waals surface area contributed by atoms with E-state index in [-0.39, 0.29) is 12.0 Å². The van der Waals surface area contributed by atoms with Crippen molar-refractivity contribution in [3.63, 3.8) is 0 Å². The average molecular weight is 278 g/mol. The lowest BCUT2D eigenvalue weighted by Crippen LogP contribution is -2.24. The first-order valence-corrected chi connectivity index (χ1v) is 7.31. The van der Waals surface area contributed by atoms with E-state index < -0.39 is 0 Å². The third kappa shape index (κ3) is 2.50. The van der Waals surface area contributed by atoms with Gasteiger partial charge in [-0.15, -0.1) is 0 Å². The highest BCUT2D eigenvalue weighted by Crippen LogP contribution is 2.37. The number of hydrogen-bond donors (Lipinski definition) is 0. The first-order chi connectivity index (χ1) is 10.1. The number of rotatable bonds is 3. The minimum absolute atomic E-state index is 0.00236. The van der Waals surface area contributed by atoms with Crippen molar-refractivity contribution in [1.29, 1.82) is 5.26 Å². The molecule has 0 bridgehead atoms. The smallest absolute Gasteiger partial charge is 0.255 e. The van der Waals surface area contributed by atoms with Crippen molar-refractivity contribution in [2.75, 3.05) is 0 Å². The summed E-state index contributed by atoms with van der Waals surface area (Å²) in [5.41, 5.74) is 5.04. The van der Waals surface area contributed by atoms with Gasteiger partial charge in [0.25, 0.3) is 5.56 Å². The van der Waals surface area contributed by atoms with Gasteiger partial charge in [-0.25, -0.2) is 0 Å². The maximum Gasteiger partial charge on any atom is 0.255 e. The molecule has 0 N–H and O–H groups in total. The van der Waals surface area contributed by atoms with Crippen LogP contribution in [0, 0.1) is 25.2 Å². The Morgan fingerprint density at radius 3 is 2.67 bits per heavy atom. The van der Waals surface area contributed by atoms with Crippen molar-refractivity contribution < 1.29 is 0 Å². The quantitative estimate of drug-likeness (QED) is 0.862. The zero-order valence-corrected chi connectivity index (χ0v) is 12.4. The van der Waals surface area contributed by atoms with Crippen LogP contribution in [0.2, 0.25) is 0 Å². The summed E-state index contributed by atoms with van der Waals surface area (Å²) in [6, 6.07) is 12.5. The minimum atomic E-state index is -0.00236. The van der Waals surface area contributed by atoms with Gasteiger partial charge in [-0.05, 0) is 44.4 Å². The van der Waals surface area contributed by atoms with Crippen LogP contribution in [-0.2, 0) is 6.42 Å². The largest absolute Gasteiger partial charge is 0.305 e. The van der Waals surface area contributed by atoms with Crippen LogP contribution < -0.4 is 5.56 Å². The zero-order valence-electron chi connectivity index (χ0n) is 12.4. The number of aromatic nitrogens is 1. The molecule has 0 spiro atoms. The summed E-state index contributed by atoms with van der Waals surface area (Å²) >= 11 is 0. The summed E-state index contributed by atoms with van der Waals surface area (Å²) in [6.07, 6.45) is 2.28. The predicted octanol–water partition coefficient (Wildman–Crippen LogP) is 3.53. The van der Waals surface area contributed by atoms with E-state index in [0.29, 0.717) is 11.6 Å². The van der Waals surface area contributed by atoms with Crippen molar-refractivity contribution in [3.8, 4) is 17.3 Å². The van der Waals surface area contributed by atoms with Crippen molar-refractivity contribution >= 4 is 0 Å². The molecule has 3 nitrogen and oxygen atoms in total. The van der Waals surface area contributed by atoms with E-state index in [1.54, 1.807) is 0 Å². The maximum atomic E-state index is 12.6. The summed E-state index contributed by atoms with van der Waals surface area (Å²) in [4.78, 5) is 12.6. The summed E-state index contributed by atoms with van der Waals surface area (Å²) in [5, 5.41) is 8.86. The van der Waals surface area contributed by atoms with Gasteiger partial charge in [-0.3, -0.25) is 4.79 Å². The molecule has 0 saturated heterocycles. The van der Waals surface area contributed by atoms with Crippen LogP contribution in [0.1, 0.15) is 35.6 Å². The fourth-order valence-corrected chi connectivity index (χ4v) is 2.74. The van der Waals surface area contributed by atoms with Crippen molar-refractivity contribution in [1.82, 2.24) is 4.57 Å². The Labute approximate surface area is 124 Å². The molecule has 3 heteroatoms. The highest BCUT2D eigenvalue weighted by atomic mass is 16.1. The molecule has 1 heterocycles. The van der Waals surface area contributed by atoms with Gasteiger partial charge in [0.1, 0.15) is 0 Å². The predicted molar refractivity (Wildman–Crippen MR) is 83.2 cm³/mol. The van der Waals surface area contributed by atoms with Crippen molar-refractivity contribution in [2.24, 2.45) is 0 Å². The SMILES string of the molecule is Cc1ccc(C)c(-c2ccc(CC#N)c(=O)n2C2CC2)c1. The fraction of sp³-hybridized carbons (Fsp3) is 0.333. The normalized spacial score (nSPS) is 14.0. The Bertz CT molecular complexity index is 792. The Balaban J connectivity index is 2.24. The number of nitrogens with zero attached hydrogens (tertiary/aromatic N) is 2. The lowest BCUT2D eigenvalue weighted by molar-refractivity contribution is 0.707. The van der Waals surface area contributed by atoms with Crippen LogP contribution >= 0.6 is 0 Å². The highest BCUT2D eigenvalue weighted by Gasteiger charge is 2.28. The number of benzene rings is 1. The molecule has 0 radical (unpaired) electrons. The van der Waals surface area contributed by atoms with Crippen LogP contribution in [0.4, 0.5) is 0 Å². The van der Waals surface area contributed by atoms with Crippen molar-refractivity contribution in [2.45, 2.75) is 39.2 Å². The minimum Gasteiger partial charge on any atom is -0.305 e. The maximum absolute atomic E-state index is 12.6. The van der Waals surface area contributed by atoms with Crippen LogP contribution in [-0.4, -0.2) is 4.57 Å². The molecule has 1 aliphatic rings. The van der Waals surface area contributed by atoms with Crippen LogP contribution in [0.5, 0.6) is 0 Å². The number of hydrogen-bond acceptors (Lipinski definition) is 2.